The van der Waals surface area contributed by atoms with Crippen LogP contribution in [0, 0.1) is 17.6 Å². The highest BCUT2D eigenvalue weighted by molar-refractivity contribution is 9.10. The predicted molar refractivity (Wildman–Crippen MR) is 69.9 cm³/mol. The minimum atomic E-state index is -4.07. The van der Waals surface area contributed by atoms with Crippen molar-refractivity contribution >= 4 is 26.0 Å². The molecule has 1 aliphatic rings. The lowest BCUT2D eigenvalue weighted by Gasteiger charge is -2.17. The number of benzene rings is 1. The number of hydrogen-bond donors (Lipinski definition) is 2. The lowest BCUT2D eigenvalue weighted by molar-refractivity contribution is 0.507. The van der Waals surface area contributed by atoms with E-state index in [1.165, 1.54) is 0 Å². The van der Waals surface area contributed by atoms with Crippen molar-refractivity contribution in [1.29, 1.82) is 0 Å². The van der Waals surface area contributed by atoms with Crippen LogP contribution in [0.2, 0.25) is 0 Å². The fraction of sp³-hybridized carbons (Fsp3) is 0.455. The van der Waals surface area contributed by atoms with Crippen molar-refractivity contribution in [2.75, 3.05) is 6.54 Å². The summed E-state index contributed by atoms with van der Waals surface area (Å²) in [5.41, 5.74) is 5.51. The summed E-state index contributed by atoms with van der Waals surface area (Å²) in [7, 11) is -4.07. The number of rotatable bonds is 5. The predicted octanol–water partition coefficient (Wildman–Crippen LogP) is 1.74. The van der Waals surface area contributed by atoms with Gasteiger partial charge in [-0.1, -0.05) is 0 Å². The molecule has 4 nitrogen and oxygen atoms in total. The van der Waals surface area contributed by atoms with Gasteiger partial charge in [-0.2, -0.15) is 0 Å². The highest BCUT2D eigenvalue weighted by Gasteiger charge is 2.35. The Morgan fingerprint density at radius 2 is 2.05 bits per heavy atom. The summed E-state index contributed by atoms with van der Waals surface area (Å²) in [4.78, 5) is -0.590. The second-order valence-corrected chi connectivity index (χ2v) is 7.00. The van der Waals surface area contributed by atoms with Gasteiger partial charge in [0.1, 0.15) is 16.5 Å². The summed E-state index contributed by atoms with van der Waals surface area (Å²) in [6.07, 6.45) is 1.80. The van der Waals surface area contributed by atoms with Gasteiger partial charge in [0, 0.05) is 23.1 Å². The zero-order chi connectivity index (χ0) is 14.2. The third kappa shape index (κ3) is 3.31. The van der Waals surface area contributed by atoms with E-state index in [-0.39, 0.29) is 16.9 Å². The molecule has 8 heteroatoms. The molecule has 1 aromatic rings. The molecule has 19 heavy (non-hydrogen) atoms. The Morgan fingerprint density at radius 3 is 2.53 bits per heavy atom. The molecule has 0 heterocycles. The molecule has 1 aromatic carbocycles. The molecule has 1 atom stereocenters. The zero-order valence-electron chi connectivity index (χ0n) is 9.87. The fourth-order valence-corrected chi connectivity index (χ4v) is 4.36. The third-order valence-electron chi connectivity index (χ3n) is 2.98. The van der Waals surface area contributed by atoms with E-state index in [1.54, 1.807) is 0 Å². The first-order valence-corrected chi connectivity index (χ1v) is 7.99. The molecular formula is C11H13BrF2N2O2S. The van der Waals surface area contributed by atoms with Crippen LogP contribution >= 0.6 is 15.9 Å². The Bertz CT molecular complexity index is 567. The van der Waals surface area contributed by atoms with Gasteiger partial charge in [-0.05, 0) is 40.8 Å². The Kier molecular flexibility index (Phi) is 4.24. The van der Waals surface area contributed by atoms with Gasteiger partial charge < -0.3 is 5.73 Å². The first-order valence-electron chi connectivity index (χ1n) is 5.72. The molecule has 1 aliphatic carbocycles. The highest BCUT2D eigenvalue weighted by atomic mass is 79.9. The van der Waals surface area contributed by atoms with Crippen molar-refractivity contribution < 1.29 is 17.2 Å². The number of sulfonamides is 1. The molecule has 0 radical (unpaired) electrons. The van der Waals surface area contributed by atoms with Crippen molar-refractivity contribution in [3.05, 3.63) is 28.2 Å². The molecule has 106 valence electrons. The summed E-state index contributed by atoms with van der Waals surface area (Å²) in [6, 6.07) is 1.03. The summed E-state index contributed by atoms with van der Waals surface area (Å²) in [5, 5.41) is 0. The molecule has 1 fully saturated rings. The molecule has 3 N–H and O–H groups in total. The monoisotopic (exact) mass is 354 g/mol. The number of hydrogen-bond acceptors (Lipinski definition) is 3. The van der Waals surface area contributed by atoms with E-state index in [1.807, 2.05) is 0 Å². The Morgan fingerprint density at radius 1 is 1.42 bits per heavy atom. The zero-order valence-corrected chi connectivity index (χ0v) is 12.3. The second kappa shape index (κ2) is 5.43. The van der Waals surface area contributed by atoms with Gasteiger partial charge >= 0.3 is 0 Å². The quantitative estimate of drug-likeness (QED) is 0.845. The van der Waals surface area contributed by atoms with Crippen LogP contribution < -0.4 is 10.5 Å². The number of nitrogens with two attached hydrogens (primary N) is 1. The lowest BCUT2D eigenvalue weighted by atomic mass is 10.2. The topological polar surface area (TPSA) is 72.2 Å². The Labute approximate surface area is 118 Å². The lowest BCUT2D eigenvalue weighted by Crippen LogP contribution is -2.42. The van der Waals surface area contributed by atoms with Crippen LogP contribution in [0.5, 0.6) is 0 Å². The van der Waals surface area contributed by atoms with Crippen LogP contribution in [0.25, 0.3) is 0 Å². The van der Waals surface area contributed by atoms with Gasteiger partial charge in [-0.15, -0.1) is 0 Å². The fourth-order valence-electron chi connectivity index (χ4n) is 1.88. The number of nitrogens with one attached hydrogen (secondary N) is 1. The minimum Gasteiger partial charge on any atom is -0.329 e. The van der Waals surface area contributed by atoms with Crippen LogP contribution in [0.15, 0.2) is 21.5 Å². The molecule has 0 aromatic heterocycles. The normalized spacial score (nSPS) is 17.5. The van der Waals surface area contributed by atoms with Gasteiger partial charge in [0.25, 0.3) is 0 Å². The third-order valence-corrected chi connectivity index (χ3v) is 5.44. The van der Waals surface area contributed by atoms with Crippen molar-refractivity contribution in [2.24, 2.45) is 11.7 Å². The molecule has 1 saturated carbocycles. The summed E-state index contributed by atoms with van der Waals surface area (Å²) in [5.74, 6) is -1.78. The molecule has 2 rings (SSSR count). The van der Waals surface area contributed by atoms with Gasteiger partial charge in [-0.25, -0.2) is 21.9 Å². The average molecular weight is 355 g/mol. The van der Waals surface area contributed by atoms with E-state index >= 15 is 0 Å². The van der Waals surface area contributed by atoms with Crippen LogP contribution in [0.4, 0.5) is 8.78 Å². The Hall–Kier alpha value is -0.570. The van der Waals surface area contributed by atoms with Crippen molar-refractivity contribution in [1.82, 2.24) is 4.72 Å². The van der Waals surface area contributed by atoms with Crippen molar-refractivity contribution in [3.63, 3.8) is 0 Å². The van der Waals surface area contributed by atoms with Crippen LogP contribution in [0.3, 0.4) is 0 Å². The van der Waals surface area contributed by atoms with Crippen LogP contribution in [0.1, 0.15) is 12.8 Å². The second-order valence-electron chi connectivity index (χ2n) is 4.50. The molecule has 0 spiro atoms. The van der Waals surface area contributed by atoms with Crippen LogP contribution in [-0.4, -0.2) is 21.0 Å². The maximum absolute atomic E-state index is 13.7. The number of halogens is 3. The average Bonchev–Trinajstić information content (AvgIpc) is 3.07. The largest absolute Gasteiger partial charge is 0.329 e. The van der Waals surface area contributed by atoms with Crippen molar-refractivity contribution in [3.8, 4) is 0 Å². The summed E-state index contributed by atoms with van der Waals surface area (Å²) >= 11 is 2.87. The van der Waals surface area contributed by atoms with E-state index in [0.717, 1.165) is 18.9 Å². The van der Waals surface area contributed by atoms with E-state index in [2.05, 4.69) is 20.7 Å². The van der Waals surface area contributed by atoms with Gasteiger partial charge in [0.15, 0.2) is 0 Å². The summed E-state index contributed by atoms with van der Waals surface area (Å²) < 4.78 is 53.1. The Balaban J connectivity index is 2.33. The molecule has 0 saturated heterocycles. The van der Waals surface area contributed by atoms with E-state index in [0.29, 0.717) is 6.07 Å². The SMILES string of the molecule is NCC(NS(=O)(=O)c1c(F)cc(F)cc1Br)C1CC1. The van der Waals surface area contributed by atoms with Gasteiger partial charge in [-0.3, -0.25) is 0 Å². The highest BCUT2D eigenvalue weighted by Crippen LogP contribution is 2.34. The first kappa shape index (κ1) is 14.8. The molecule has 0 aliphatic heterocycles. The molecule has 0 amide bonds. The first-order chi connectivity index (χ1) is 8.85. The van der Waals surface area contributed by atoms with E-state index < -0.39 is 32.6 Å². The summed E-state index contributed by atoms with van der Waals surface area (Å²) in [6.45, 7) is 0.143. The van der Waals surface area contributed by atoms with Crippen LogP contribution in [-0.2, 0) is 10.0 Å². The molecular weight excluding hydrogens is 342 g/mol. The van der Waals surface area contributed by atoms with Gasteiger partial charge in [0.2, 0.25) is 10.0 Å². The van der Waals surface area contributed by atoms with E-state index in [9.17, 15) is 17.2 Å². The molecule has 1 unspecified atom stereocenters. The maximum atomic E-state index is 13.7. The van der Waals surface area contributed by atoms with Crippen molar-refractivity contribution in [2.45, 2.75) is 23.8 Å². The standard InChI is InChI=1S/C11H13BrF2N2O2S/c12-8-3-7(13)4-9(14)11(8)19(17,18)16-10(5-15)6-1-2-6/h3-4,6,10,16H,1-2,5,15H2. The minimum absolute atomic E-state index is 0.143. The smallest absolute Gasteiger partial charge is 0.244 e. The maximum Gasteiger partial charge on any atom is 0.244 e. The molecule has 0 bridgehead atoms. The van der Waals surface area contributed by atoms with Gasteiger partial charge in [0.05, 0.1) is 0 Å². The van der Waals surface area contributed by atoms with E-state index in [4.69, 9.17) is 5.73 Å².